The van der Waals surface area contributed by atoms with E-state index < -0.39 is 17.5 Å². The average molecular weight is 409 g/mol. The van der Waals surface area contributed by atoms with Crippen LogP contribution in [0, 0.1) is 11.6 Å². The number of pyridine rings is 1. The number of carbonyl (C=O) groups excluding carboxylic acids is 1. The van der Waals surface area contributed by atoms with Gasteiger partial charge in [-0.3, -0.25) is 14.5 Å². The molecular formula is C21H17F2N5O2. The van der Waals surface area contributed by atoms with Crippen molar-refractivity contribution in [1.29, 1.82) is 0 Å². The van der Waals surface area contributed by atoms with Gasteiger partial charge in [-0.1, -0.05) is 11.2 Å². The van der Waals surface area contributed by atoms with Crippen LogP contribution in [0.5, 0.6) is 0 Å². The van der Waals surface area contributed by atoms with Crippen molar-refractivity contribution < 1.29 is 18.1 Å². The highest BCUT2D eigenvalue weighted by molar-refractivity contribution is 5.93. The van der Waals surface area contributed by atoms with Crippen LogP contribution in [0.1, 0.15) is 27.7 Å². The van der Waals surface area contributed by atoms with E-state index in [1.807, 2.05) is 31.4 Å². The van der Waals surface area contributed by atoms with Crippen LogP contribution >= 0.6 is 0 Å². The fourth-order valence-corrected chi connectivity index (χ4v) is 3.08. The monoisotopic (exact) mass is 409 g/mol. The highest BCUT2D eigenvalue weighted by atomic mass is 19.1. The Morgan fingerprint density at radius 3 is 2.80 bits per heavy atom. The van der Waals surface area contributed by atoms with Gasteiger partial charge in [0.05, 0.1) is 11.8 Å². The van der Waals surface area contributed by atoms with E-state index in [1.54, 1.807) is 17.1 Å². The Labute approximate surface area is 170 Å². The Kier molecular flexibility index (Phi) is 5.34. The van der Waals surface area contributed by atoms with Gasteiger partial charge in [-0.05, 0) is 24.3 Å². The third kappa shape index (κ3) is 4.09. The molecule has 0 aliphatic rings. The molecule has 3 heterocycles. The fraction of sp³-hybridized carbons (Fsp3) is 0.143. The number of benzene rings is 1. The van der Waals surface area contributed by atoms with Gasteiger partial charge < -0.3 is 9.84 Å². The van der Waals surface area contributed by atoms with E-state index in [2.05, 4.69) is 20.6 Å². The van der Waals surface area contributed by atoms with Gasteiger partial charge >= 0.3 is 0 Å². The van der Waals surface area contributed by atoms with E-state index in [0.717, 1.165) is 23.4 Å². The first-order valence-electron chi connectivity index (χ1n) is 9.11. The quantitative estimate of drug-likeness (QED) is 0.528. The van der Waals surface area contributed by atoms with Crippen LogP contribution in [0.2, 0.25) is 0 Å². The predicted molar refractivity (Wildman–Crippen MR) is 103 cm³/mol. The van der Waals surface area contributed by atoms with E-state index in [-0.39, 0.29) is 29.5 Å². The summed E-state index contributed by atoms with van der Waals surface area (Å²) in [5.74, 6) is -2.18. The summed E-state index contributed by atoms with van der Waals surface area (Å²) >= 11 is 0. The van der Waals surface area contributed by atoms with E-state index >= 15 is 0 Å². The zero-order chi connectivity index (χ0) is 21.1. The van der Waals surface area contributed by atoms with Crippen molar-refractivity contribution in [2.45, 2.75) is 5.92 Å². The molecule has 1 aromatic carbocycles. The second-order valence-corrected chi connectivity index (χ2v) is 6.67. The number of halogens is 2. The lowest BCUT2D eigenvalue weighted by Crippen LogP contribution is -2.29. The Hall–Kier alpha value is -3.88. The second-order valence-electron chi connectivity index (χ2n) is 6.67. The normalized spacial score (nSPS) is 12.0. The molecule has 0 fully saturated rings. The van der Waals surface area contributed by atoms with E-state index in [0.29, 0.717) is 0 Å². The van der Waals surface area contributed by atoms with E-state index in [9.17, 15) is 13.6 Å². The minimum Gasteiger partial charge on any atom is -0.355 e. The zero-order valence-corrected chi connectivity index (χ0v) is 15.9. The molecule has 1 amide bonds. The number of rotatable bonds is 6. The van der Waals surface area contributed by atoms with Gasteiger partial charge in [0, 0.05) is 55.3 Å². The molecular weight excluding hydrogens is 392 g/mol. The lowest BCUT2D eigenvalue weighted by molar-refractivity contribution is 0.0943. The summed E-state index contributed by atoms with van der Waals surface area (Å²) in [5.41, 5.74) is 1.68. The van der Waals surface area contributed by atoms with Gasteiger partial charge in [0.15, 0.2) is 11.5 Å². The number of amides is 1. The van der Waals surface area contributed by atoms with Crippen LogP contribution in [0.15, 0.2) is 65.6 Å². The predicted octanol–water partition coefficient (Wildman–Crippen LogP) is 3.31. The summed E-state index contributed by atoms with van der Waals surface area (Å²) in [4.78, 5) is 17.0. The Balaban J connectivity index is 1.51. The highest BCUT2D eigenvalue weighted by Gasteiger charge is 2.21. The minimum atomic E-state index is -0.801. The molecule has 0 bridgehead atoms. The largest absolute Gasteiger partial charge is 0.355 e. The van der Waals surface area contributed by atoms with Crippen LogP contribution in [-0.4, -0.2) is 32.4 Å². The summed E-state index contributed by atoms with van der Waals surface area (Å²) in [6, 6.07) is 9.94. The average Bonchev–Trinajstić information content (AvgIpc) is 3.38. The fourth-order valence-electron chi connectivity index (χ4n) is 3.08. The SMILES string of the molecule is Cn1cc(C(CNC(=O)c2cc(-c3ccc(F)cc3F)on2)c2ccccn2)cn1. The van der Waals surface area contributed by atoms with Crippen molar-refractivity contribution in [2.75, 3.05) is 6.54 Å². The van der Waals surface area contributed by atoms with E-state index in [1.165, 1.54) is 12.1 Å². The summed E-state index contributed by atoms with van der Waals surface area (Å²) in [5, 5.41) is 10.7. The maximum Gasteiger partial charge on any atom is 0.273 e. The molecule has 152 valence electrons. The molecule has 0 aliphatic heterocycles. The first kappa shape index (κ1) is 19.4. The molecule has 4 rings (SSSR count). The third-order valence-electron chi connectivity index (χ3n) is 4.58. The number of hydrogen-bond acceptors (Lipinski definition) is 5. The van der Waals surface area contributed by atoms with Crippen LogP contribution < -0.4 is 5.32 Å². The number of carbonyl (C=O) groups is 1. The molecule has 9 heteroatoms. The lowest BCUT2D eigenvalue weighted by atomic mass is 9.98. The molecule has 1 N–H and O–H groups in total. The molecule has 4 aromatic rings. The molecule has 0 saturated heterocycles. The molecule has 1 unspecified atom stereocenters. The molecule has 3 aromatic heterocycles. The number of nitrogens with zero attached hydrogens (tertiary/aromatic N) is 4. The van der Waals surface area contributed by atoms with Crippen molar-refractivity contribution in [3.8, 4) is 11.3 Å². The van der Waals surface area contributed by atoms with Crippen LogP contribution in [0.3, 0.4) is 0 Å². The lowest BCUT2D eigenvalue weighted by Gasteiger charge is -2.15. The van der Waals surface area contributed by atoms with Crippen molar-refractivity contribution in [2.24, 2.45) is 7.05 Å². The van der Waals surface area contributed by atoms with Crippen molar-refractivity contribution in [3.05, 3.63) is 89.6 Å². The first-order valence-corrected chi connectivity index (χ1v) is 9.11. The van der Waals surface area contributed by atoms with Gasteiger partial charge in [0.1, 0.15) is 11.6 Å². The highest BCUT2D eigenvalue weighted by Crippen LogP contribution is 2.25. The summed E-state index contributed by atoms with van der Waals surface area (Å²) in [6.07, 6.45) is 5.26. The van der Waals surface area contributed by atoms with Crippen molar-refractivity contribution in [1.82, 2.24) is 25.2 Å². The summed E-state index contributed by atoms with van der Waals surface area (Å²) in [7, 11) is 1.81. The number of hydrogen-bond donors (Lipinski definition) is 1. The minimum absolute atomic E-state index is 0.0142. The standard InChI is InChI=1S/C21H17F2N5O2/c1-28-12-13(10-26-28)16(18-4-2-3-7-24-18)11-25-21(29)19-9-20(30-27-19)15-6-5-14(22)8-17(15)23/h2-10,12,16H,11H2,1H3,(H,25,29). The van der Waals surface area contributed by atoms with Crippen molar-refractivity contribution >= 4 is 5.91 Å². The van der Waals surface area contributed by atoms with Gasteiger partial charge in [0.25, 0.3) is 5.91 Å². The molecule has 0 saturated carbocycles. The van der Waals surface area contributed by atoms with Crippen molar-refractivity contribution in [3.63, 3.8) is 0 Å². The molecule has 30 heavy (non-hydrogen) atoms. The van der Waals surface area contributed by atoms with Gasteiger partial charge in [0.2, 0.25) is 0 Å². The molecule has 0 spiro atoms. The number of aromatic nitrogens is 4. The molecule has 1 atom stereocenters. The summed E-state index contributed by atoms with van der Waals surface area (Å²) < 4.78 is 33.8. The van der Waals surface area contributed by atoms with Crippen LogP contribution in [0.4, 0.5) is 8.78 Å². The number of aryl methyl sites for hydroxylation is 1. The summed E-state index contributed by atoms with van der Waals surface area (Å²) in [6.45, 7) is 0.245. The molecule has 0 radical (unpaired) electrons. The maximum absolute atomic E-state index is 13.9. The first-order chi connectivity index (χ1) is 14.5. The van der Waals surface area contributed by atoms with Gasteiger partial charge in [-0.15, -0.1) is 0 Å². The smallest absolute Gasteiger partial charge is 0.273 e. The zero-order valence-electron chi connectivity index (χ0n) is 15.9. The topological polar surface area (TPSA) is 85.8 Å². The van der Waals surface area contributed by atoms with Gasteiger partial charge in [-0.2, -0.15) is 5.10 Å². The molecule has 7 nitrogen and oxygen atoms in total. The van der Waals surface area contributed by atoms with Crippen LogP contribution in [-0.2, 0) is 7.05 Å². The third-order valence-corrected chi connectivity index (χ3v) is 4.58. The van der Waals surface area contributed by atoms with Gasteiger partial charge in [-0.25, -0.2) is 8.78 Å². The Morgan fingerprint density at radius 1 is 1.23 bits per heavy atom. The van der Waals surface area contributed by atoms with Crippen LogP contribution in [0.25, 0.3) is 11.3 Å². The number of nitrogens with one attached hydrogen (secondary N) is 1. The maximum atomic E-state index is 13.9. The molecule has 0 aliphatic carbocycles. The Bertz CT molecular complexity index is 1170. The second kappa shape index (κ2) is 8.24. The van der Waals surface area contributed by atoms with E-state index in [4.69, 9.17) is 4.52 Å². The Morgan fingerprint density at radius 2 is 2.10 bits per heavy atom.